The van der Waals surface area contributed by atoms with Crippen LogP contribution in [-0.2, 0) is 5.41 Å². The van der Waals surface area contributed by atoms with Gasteiger partial charge in [-0.25, -0.2) is 0 Å². The Hall–Kier alpha value is -17.4. The van der Waals surface area contributed by atoms with Crippen molar-refractivity contribution in [2.75, 3.05) is 0 Å². The first-order valence-corrected chi connectivity index (χ1v) is 48.2. The van der Waals surface area contributed by atoms with E-state index in [-0.39, 0.29) is 29.1 Å². The number of hydrogen-bond donors (Lipinski definition) is 0. The summed E-state index contributed by atoms with van der Waals surface area (Å²) in [5.41, 5.74) is 31.8. The molecule has 1 aliphatic heterocycles. The standard InChI is InChI=1S/C37H26.C34H28O.C33H23NO.C31H23N/c1-3-11-27(12-4-1)37(28-13-5-2-6-14-28)29-21-19-26(20-22-29)30-23-24-35-33-17-8-7-15-31(33)32-16-9-10-18-34(32)36(35)25-30;1-34(2)29-15-9-10-16-31(29)35-32-22-21-28(23-30(32)34)24-17-19-27(20-18-24)33(25-11-5-3-6-12-25)26-13-7-4-8-14-26;1-3-11-23(12-4-1)31(24-13-5-2-6-14-24)25-19-21-26(22-20-25)34-29-17-9-7-15-27(29)33-32(34)28-16-8-10-18-30(28)35-33;1-3-11-23(12-4-1)31(24-13-5-2-6-14-24)25-19-21-26(22-20-25)32-29-17-9-7-15-27(29)28-16-8-10-18-30(28)32/h1-25,37H;3-23,33H,1-2H3;1-22,31H;1-22,31H. The van der Waals surface area contributed by atoms with Gasteiger partial charge in [0.25, 0.3) is 0 Å². The van der Waals surface area contributed by atoms with Crippen LogP contribution in [0.3, 0.4) is 0 Å². The van der Waals surface area contributed by atoms with Gasteiger partial charge >= 0.3 is 0 Å². The molecule has 4 heterocycles. The van der Waals surface area contributed by atoms with Gasteiger partial charge in [0.1, 0.15) is 22.6 Å². The molecule has 25 aromatic rings. The molecule has 0 N–H and O–H groups in total. The molecule has 4 heteroatoms. The summed E-state index contributed by atoms with van der Waals surface area (Å²) in [5, 5.41) is 12.7. The summed E-state index contributed by atoms with van der Waals surface area (Å²) < 4.78 is 17.3. The van der Waals surface area contributed by atoms with Crippen LogP contribution >= 0.6 is 0 Å². The van der Waals surface area contributed by atoms with Gasteiger partial charge in [-0.2, -0.15) is 0 Å². The maximum Gasteiger partial charge on any atom is 0.161 e. The van der Waals surface area contributed by atoms with Gasteiger partial charge in [0.05, 0.1) is 16.6 Å². The minimum atomic E-state index is -0.119. The number of aromatic nitrogens is 2. The number of furan rings is 1. The van der Waals surface area contributed by atoms with Gasteiger partial charge in [-0.3, -0.25) is 0 Å². The highest BCUT2D eigenvalue weighted by atomic mass is 16.5. The molecule has 0 aliphatic carbocycles. The van der Waals surface area contributed by atoms with Gasteiger partial charge in [0.15, 0.2) is 5.58 Å². The Morgan fingerprint density at radius 2 is 0.453 bits per heavy atom. The number of para-hydroxylation sites is 5. The maximum absolute atomic E-state index is 6.32. The van der Waals surface area contributed by atoms with Crippen LogP contribution in [0.2, 0.25) is 0 Å². The topological polar surface area (TPSA) is 32.2 Å². The van der Waals surface area contributed by atoms with Crippen LogP contribution in [0.4, 0.5) is 0 Å². The third-order valence-corrected chi connectivity index (χ3v) is 28.1. The largest absolute Gasteiger partial charge is 0.457 e. The van der Waals surface area contributed by atoms with Crippen molar-refractivity contribution >= 4 is 87.1 Å². The van der Waals surface area contributed by atoms with Crippen LogP contribution in [0.25, 0.3) is 121 Å². The average molecular weight is 1780 g/mol. The third kappa shape index (κ3) is 16.8. The number of fused-ring (bicyclic) bond motifs is 16. The Morgan fingerprint density at radius 3 is 0.849 bits per heavy atom. The summed E-state index contributed by atoms with van der Waals surface area (Å²) in [7, 11) is 0. The van der Waals surface area contributed by atoms with Crippen molar-refractivity contribution in [3.8, 4) is 45.1 Å². The van der Waals surface area contributed by atoms with E-state index in [9.17, 15) is 0 Å². The Labute approximate surface area is 811 Å². The molecule has 0 fully saturated rings. The van der Waals surface area contributed by atoms with Crippen molar-refractivity contribution in [2.24, 2.45) is 0 Å². The molecule has 0 spiro atoms. The number of nitrogens with zero attached hydrogens (tertiary/aromatic N) is 2. The fourth-order valence-electron chi connectivity index (χ4n) is 21.4. The van der Waals surface area contributed by atoms with E-state index in [4.69, 9.17) is 9.15 Å². The zero-order valence-electron chi connectivity index (χ0n) is 77.5. The number of hydrogen-bond acceptors (Lipinski definition) is 2. The molecule has 662 valence electrons. The lowest BCUT2D eigenvalue weighted by Crippen LogP contribution is -2.24. The third-order valence-electron chi connectivity index (χ3n) is 28.1. The molecular weight excluding hydrogens is 1680 g/mol. The van der Waals surface area contributed by atoms with Crippen LogP contribution < -0.4 is 4.74 Å². The lowest BCUT2D eigenvalue weighted by atomic mass is 9.75. The number of ether oxygens (including phenoxy) is 1. The molecule has 1 aliphatic rings. The molecule has 0 radical (unpaired) electrons. The normalized spacial score (nSPS) is 12.0. The average Bonchev–Trinajstić information content (AvgIpc) is 1.37. The summed E-state index contributed by atoms with van der Waals surface area (Å²) in [6.07, 6.45) is 0. The van der Waals surface area contributed by atoms with Crippen molar-refractivity contribution in [3.63, 3.8) is 0 Å². The lowest BCUT2D eigenvalue weighted by molar-refractivity contribution is 0.418. The molecule has 0 saturated heterocycles. The van der Waals surface area contributed by atoms with Crippen molar-refractivity contribution in [1.82, 2.24) is 9.13 Å². The number of rotatable bonds is 16. The molecule has 0 unspecified atom stereocenters. The zero-order chi connectivity index (χ0) is 93.0. The van der Waals surface area contributed by atoms with Gasteiger partial charge in [0.2, 0.25) is 0 Å². The van der Waals surface area contributed by atoms with Crippen LogP contribution in [0.5, 0.6) is 11.5 Å². The highest BCUT2D eigenvalue weighted by molar-refractivity contribution is 6.26. The fourth-order valence-corrected chi connectivity index (χ4v) is 21.4. The van der Waals surface area contributed by atoms with Crippen LogP contribution in [0, 0.1) is 0 Å². The monoisotopic (exact) mass is 1780 g/mol. The van der Waals surface area contributed by atoms with Gasteiger partial charge in [0, 0.05) is 73.1 Å². The van der Waals surface area contributed by atoms with Crippen LogP contribution in [0.1, 0.15) is 115 Å². The summed E-state index contributed by atoms with van der Waals surface area (Å²) in [5.74, 6) is 2.71. The highest BCUT2D eigenvalue weighted by Gasteiger charge is 2.35. The van der Waals surface area contributed by atoms with Crippen LogP contribution in [-0.4, -0.2) is 9.13 Å². The van der Waals surface area contributed by atoms with Crippen LogP contribution in [0.15, 0.2) is 550 Å². The lowest BCUT2D eigenvalue weighted by Gasteiger charge is -2.34. The minimum Gasteiger partial charge on any atom is -0.457 e. The van der Waals surface area contributed by atoms with Gasteiger partial charge < -0.3 is 18.3 Å². The van der Waals surface area contributed by atoms with Crippen molar-refractivity contribution < 1.29 is 9.15 Å². The molecule has 0 saturated carbocycles. The molecule has 26 rings (SSSR count). The Morgan fingerprint density at radius 1 is 0.187 bits per heavy atom. The Balaban J connectivity index is 0.000000104. The van der Waals surface area contributed by atoms with E-state index in [1.807, 2.05) is 18.2 Å². The predicted octanol–water partition coefficient (Wildman–Crippen LogP) is 35.6. The summed E-state index contributed by atoms with van der Waals surface area (Å²) in [6.45, 7) is 4.56. The Bertz CT molecular complexity index is 8360. The fraction of sp³-hybridized carbons (Fsp3) is 0.0519. The molecule has 0 bridgehead atoms. The molecular formula is C135H100N2O2. The van der Waals surface area contributed by atoms with E-state index < -0.39 is 0 Å². The summed E-state index contributed by atoms with van der Waals surface area (Å²) in [6, 6.07) is 196. The first kappa shape index (κ1) is 85.7. The summed E-state index contributed by atoms with van der Waals surface area (Å²) >= 11 is 0. The SMILES string of the molecule is CC1(C)c2ccccc2Oc2ccc(-c3ccc(C(c4ccccc4)c4ccccc4)cc3)cc21.c1ccc(C(c2ccccc2)c2ccc(-c3ccc4c5ccccc5c5ccccc5c4c3)cc2)cc1.c1ccc(C(c2ccccc2)c2ccc(-n3c4ccccc4c4ccccc43)cc2)cc1.c1ccc(C(c2ccccc2)c2ccc(-n3c4ccccc4c4oc5ccccc5c43)cc2)cc1. The highest BCUT2D eigenvalue weighted by Crippen LogP contribution is 2.50. The summed E-state index contributed by atoms with van der Waals surface area (Å²) in [4.78, 5) is 0. The molecule has 3 aromatic heterocycles. The molecule has 0 amide bonds. The second-order valence-corrected chi connectivity index (χ2v) is 36.7. The maximum atomic E-state index is 6.32. The van der Waals surface area contributed by atoms with E-state index in [0.717, 1.165) is 50.2 Å². The van der Waals surface area contributed by atoms with E-state index in [0.29, 0.717) is 0 Å². The molecule has 0 atom stereocenters. The quantitative estimate of drug-likeness (QED) is 0.0713. The second-order valence-electron chi connectivity index (χ2n) is 36.7. The Kier molecular flexibility index (Phi) is 23.5. The van der Waals surface area contributed by atoms with E-state index in [1.54, 1.807) is 0 Å². The van der Waals surface area contributed by atoms with E-state index in [1.165, 1.54) is 160 Å². The van der Waals surface area contributed by atoms with Gasteiger partial charge in [-0.15, -0.1) is 0 Å². The van der Waals surface area contributed by atoms with Crippen molar-refractivity contribution in [3.05, 3.63) is 624 Å². The van der Waals surface area contributed by atoms with Gasteiger partial charge in [-0.1, -0.05) is 475 Å². The first-order chi connectivity index (χ1) is 68.8. The zero-order valence-corrected chi connectivity index (χ0v) is 77.5. The smallest absolute Gasteiger partial charge is 0.161 e. The number of benzene rings is 22. The molecule has 22 aromatic carbocycles. The van der Waals surface area contributed by atoms with Crippen molar-refractivity contribution in [1.29, 1.82) is 0 Å². The first-order valence-electron chi connectivity index (χ1n) is 48.2. The van der Waals surface area contributed by atoms with Crippen molar-refractivity contribution in [2.45, 2.75) is 42.9 Å². The predicted molar refractivity (Wildman–Crippen MR) is 582 cm³/mol. The minimum absolute atomic E-state index is 0.119. The second kappa shape index (κ2) is 38.1. The molecule has 4 nitrogen and oxygen atoms in total. The molecule has 139 heavy (non-hydrogen) atoms. The van der Waals surface area contributed by atoms with E-state index >= 15 is 0 Å². The van der Waals surface area contributed by atoms with Gasteiger partial charge in [-0.05, 0) is 206 Å². The van der Waals surface area contributed by atoms with E-state index in [2.05, 4.69) is 551 Å².